The van der Waals surface area contributed by atoms with Gasteiger partial charge in [-0.3, -0.25) is 0 Å². The number of benzene rings is 1. The van der Waals surface area contributed by atoms with Crippen LogP contribution < -0.4 is 0 Å². The molecule has 0 radical (unpaired) electrons. The van der Waals surface area contributed by atoms with Gasteiger partial charge in [-0.25, -0.2) is 0 Å². The molecule has 2 aromatic rings. The van der Waals surface area contributed by atoms with Crippen LogP contribution in [0.4, 0.5) is 0 Å². The molecule has 0 aliphatic heterocycles. The lowest BCUT2D eigenvalue weighted by Gasteiger charge is -1.99. The third kappa shape index (κ3) is 1.43. The third-order valence-corrected chi connectivity index (χ3v) is 2.25. The molecule has 2 nitrogen and oxygen atoms in total. The smallest absolute Gasteiger partial charge is 0.135 e. The van der Waals surface area contributed by atoms with E-state index in [-0.39, 0.29) is 0 Å². The summed E-state index contributed by atoms with van der Waals surface area (Å²) in [6.45, 7) is 1.71. The molecular weight excluding hydrogens is 188 g/mol. The minimum atomic E-state index is -0.512. The molecule has 68 valence electrons. The number of hydrogen-bond acceptors (Lipinski definition) is 2. The van der Waals surface area contributed by atoms with Gasteiger partial charge in [0.2, 0.25) is 0 Å². The zero-order valence-corrected chi connectivity index (χ0v) is 7.88. The fourth-order valence-electron chi connectivity index (χ4n) is 1.35. The zero-order valence-electron chi connectivity index (χ0n) is 7.12. The second-order valence-electron chi connectivity index (χ2n) is 3.01. The van der Waals surface area contributed by atoms with Gasteiger partial charge in [0.25, 0.3) is 0 Å². The Morgan fingerprint density at radius 2 is 2.23 bits per heavy atom. The van der Waals surface area contributed by atoms with Crippen molar-refractivity contribution in [3.05, 3.63) is 35.0 Å². The first-order chi connectivity index (χ1) is 6.18. The summed E-state index contributed by atoms with van der Waals surface area (Å²) < 4.78 is 5.25. The first-order valence-electron chi connectivity index (χ1n) is 4.03. The molecule has 1 N–H and O–H groups in total. The molecule has 0 spiro atoms. The average Bonchev–Trinajstić information content (AvgIpc) is 2.46. The molecule has 2 rings (SSSR count). The maximum absolute atomic E-state index is 9.39. The van der Waals surface area contributed by atoms with E-state index in [2.05, 4.69) is 0 Å². The van der Waals surface area contributed by atoms with Crippen LogP contribution >= 0.6 is 11.6 Å². The van der Waals surface area contributed by atoms with Crippen molar-refractivity contribution < 1.29 is 9.52 Å². The van der Waals surface area contributed by atoms with E-state index in [0.717, 1.165) is 10.9 Å². The monoisotopic (exact) mass is 196 g/mol. The van der Waals surface area contributed by atoms with Crippen molar-refractivity contribution >= 4 is 22.6 Å². The molecule has 0 aliphatic carbocycles. The Bertz CT molecular complexity index is 431. The Balaban J connectivity index is 2.69. The van der Waals surface area contributed by atoms with E-state index >= 15 is 0 Å². The molecule has 1 heterocycles. The minimum Gasteiger partial charge on any atom is -0.464 e. The standard InChI is InChI=1S/C10H9ClO2/c1-6(12)9-5-13-10-4-7(11)2-3-8(9)10/h2-6,12H,1H3. The fourth-order valence-corrected chi connectivity index (χ4v) is 1.51. The van der Waals surface area contributed by atoms with Crippen molar-refractivity contribution in [2.75, 3.05) is 0 Å². The van der Waals surface area contributed by atoms with E-state index in [1.807, 2.05) is 6.07 Å². The second kappa shape index (κ2) is 3.05. The Labute approximate surface area is 80.7 Å². The number of fused-ring (bicyclic) bond motifs is 1. The summed E-state index contributed by atoms with van der Waals surface area (Å²) in [6.07, 6.45) is 1.05. The third-order valence-electron chi connectivity index (χ3n) is 2.02. The lowest BCUT2D eigenvalue weighted by Crippen LogP contribution is -1.87. The summed E-state index contributed by atoms with van der Waals surface area (Å²) in [7, 11) is 0. The van der Waals surface area contributed by atoms with Gasteiger partial charge in [-0.1, -0.05) is 11.6 Å². The first kappa shape index (κ1) is 8.60. The lowest BCUT2D eigenvalue weighted by molar-refractivity contribution is 0.199. The highest BCUT2D eigenvalue weighted by Crippen LogP contribution is 2.28. The van der Waals surface area contributed by atoms with Gasteiger partial charge in [-0.05, 0) is 25.1 Å². The van der Waals surface area contributed by atoms with Crippen LogP contribution in [0.1, 0.15) is 18.6 Å². The van der Waals surface area contributed by atoms with Crippen molar-refractivity contribution in [1.29, 1.82) is 0 Å². The summed E-state index contributed by atoms with van der Waals surface area (Å²) in [5.74, 6) is 0. The highest BCUT2D eigenvalue weighted by molar-refractivity contribution is 6.31. The molecule has 1 unspecified atom stereocenters. The number of hydrogen-bond donors (Lipinski definition) is 1. The largest absolute Gasteiger partial charge is 0.464 e. The molecule has 1 aromatic heterocycles. The molecule has 0 aliphatic rings. The minimum absolute atomic E-state index is 0.512. The SMILES string of the molecule is CC(O)c1coc2cc(Cl)ccc12. The molecule has 1 aromatic carbocycles. The van der Waals surface area contributed by atoms with Crippen molar-refractivity contribution in [2.24, 2.45) is 0 Å². The maximum Gasteiger partial charge on any atom is 0.135 e. The maximum atomic E-state index is 9.39. The summed E-state index contributed by atoms with van der Waals surface area (Å²) in [4.78, 5) is 0. The molecule has 13 heavy (non-hydrogen) atoms. The Kier molecular flexibility index (Phi) is 2.02. The number of aliphatic hydroxyl groups excluding tert-OH is 1. The summed E-state index contributed by atoms with van der Waals surface area (Å²) in [6, 6.07) is 5.37. The summed E-state index contributed by atoms with van der Waals surface area (Å²) in [5, 5.41) is 10.9. The predicted octanol–water partition coefficient (Wildman–Crippen LogP) is 3.14. The normalized spacial score (nSPS) is 13.5. The van der Waals surface area contributed by atoms with Crippen LogP contribution in [0.15, 0.2) is 28.9 Å². The first-order valence-corrected chi connectivity index (χ1v) is 4.41. The summed E-state index contributed by atoms with van der Waals surface area (Å²) >= 11 is 5.79. The second-order valence-corrected chi connectivity index (χ2v) is 3.44. The van der Waals surface area contributed by atoms with E-state index in [9.17, 15) is 5.11 Å². The Hall–Kier alpha value is -0.990. The van der Waals surface area contributed by atoms with Gasteiger partial charge in [0, 0.05) is 16.0 Å². The summed E-state index contributed by atoms with van der Waals surface area (Å²) in [5.41, 5.74) is 1.51. The quantitative estimate of drug-likeness (QED) is 0.760. The molecule has 0 bridgehead atoms. The average molecular weight is 197 g/mol. The number of aliphatic hydroxyl groups is 1. The van der Waals surface area contributed by atoms with Gasteiger partial charge >= 0.3 is 0 Å². The van der Waals surface area contributed by atoms with E-state index in [4.69, 9.17) is 16.0 Å². The lowest BCUT2D eigenvalue weighted by atomic mass is 10.1. The molecule has 3 heteroatoms. The topological polar surface area (TPSA) is 33.4 Å². The highest BCUT2D eigenvalue weighted by atomic mass is 35.5. The van der Waals surface area contributed by atoms with Gasteiger partial charge in [0.1, 0.15) is 5.58 Å². The Morgan fingerprint density at radius 3 is 2.92 bits per heavy atom. The van der Waals surface area contributed by atoms with E-state index in [1.54, 1.807) is 25.3 Å². The van der Waals surface area contributed by atoms with Gasteiger partial charge in [-0.15, -0.1) is 0 Å². The molecule has 0 saturated heterocycles. The van der Waals surface area contributed by atoms with Crippen LogP contribution in [0.2, 0.25) is 5.02 Å². The van der Waals surface area contributed by atoms with E-state index in [0.29, 0.717) is 10.6 Å². The molecule has 0 amide bonds. The zero-order chi connectivity index (χ0) is 9.42. The Morgan fingerprint density at radius 1 is 1.46 bits per heavy atom. The van der Waals surface area contributed by atoms with Crippen LogP contribution in [0.3, 0.4) is 0 Å². The number of rotatable bonds is 1. The highest BCUT2D eigenvalue weighted by Gasteiger charge is 2.09. The van der Waals surface area contributed by atoms with Gasteiger partial charge in [0.05, 0.1) is 12.4 Å². The molecule has 0 saturated carbocycles. The van der Waals surface area contributed by atoms with Crippen LogP contribution in [0, 0.1) is 0 Å². The molecular formula is C10H9ClO2. The van der Waals surface area contributed by atoms with Gasteiger partial charge in [0.15, 0.2) is 0 Å². The van der Waals surface area contributed by atoms with Crippen LogP contribution in [0.25, 0.3) is 11.0 Å². The van der Waals surface area contributed by atoms with Gasteiger partial charge in [-0.2, -0.15) is 0 Å². The van der Waals surface area contributed by atoms with E-state index < -0.39 is 6.10 Å². The van der Waals surface area contributed by atoms with Gasteiger partial charge < -0.3 is 9.52 Å². The van der Waals surface area contributed by atoms with Crippen LogP contribution in [-0.2, 0) is 0 Å². The van der Waals surface area contributed by atoms with Crippen LogP contribution in [0.5, 0.6) is 0 Å². The van der Waals surface area contributed by atoms with E-state index in [1.165, 1.54) is 0 Å². The van der Waals surface area contributed by atoms with Crippen molar-refractivity contribution in [3.63, 3.8) is 0 Å². The molecule has 0 fully saturated rings. The van der Waals surface area contributed by atoms with Crippen molar-refractivity contribution in [3.8, 4) is 0 Å². The van der Waals surface area contributed by atoms with Crippen molar-refractivity contribution in [2.45, 2.75) is 13.0 Å². The predicted molar refractivity (Wildman–Crippen MR) is 51.9 cm³/mol. The van der Waals surface area contributed by atoms with Crippen LogP contribution in [-0.4, -0.2) is 5.11 Å². The van der Waals surface area contributed by atoms with Crippen molar-refractivity contribution in [1.82, 2.24) is 0 Å². The number of halogens is 1. The number of furan rings is 1. The fraction of sp³-hybridized carbons (Fsp3) is 0.200. The molecule has 1 atom stereocenters.